The van der Waals surface area contributed by atoms with Gasteiger partial charge in [-0.1, -0.05) is 31.9 Å². The molecule has 134 valence electrons. The molecule has 1 aromatic rings. The van der Waals surface area contributed by atoms with Gasteiger partial charge < -0.3 is 20.9 Å². The van der Waals surface area contributed by atoms with Gasteiger partial charge in [0.05, 0.1) is 18.3 Å². The molecule has 1 aliphatic rings. The van der Waals surface area contributed by atoms with E-state index in [9.17, 15) is 18.3 Å². The third-order valence-electron chi connectivity index (χ3n) is 4.27. The normalized spacial score (nSPS) is 25.4. The van der Waals surface area contributed by atoms with E-state index in [0.717, 1.165) is 25.7 Å². The topological polar surface area (TPSA) is 79.9 Å². The highest BCUT2D eigenvalue weighted by molar-refractivity contribution is 5.93. The van der Waals surface area contributed by atoms with Crippen LogP contribution in [-0.4, -0.2) is 30.1 Å². The van der Waals surface area contributed by atoms with Crippen molar-refractivity contribution in [2.24, 2.45) is 16.1 Å². The summed E-state index contributed by atoms with van der Waals surface area (Å²) in [5.41, 5.74) is 5.49. The number of nitrogens with two attached hydrogens (primary N) is 1. The Kier molecular flexibility index (Phi) is 5.58. The molecule has 8 heteroatoms. The summed E-state index contributed by atoms with van der Waals surface area (Å²) in [5.74, 6) is -0.403. The second-order valence-corrected chi connectivity index (χ2v) is 6.29. The Balaban J connectivity index is 2.05. The summed E-state index contributed by atoms with van der Waals surface area (Å²) in [6.45, 7) is 2.24. The second kappa shape index (κ2) is 7.29. The van der Waals surface area contributed by atoms with Crippen molar-refractivity contribution in [3.05, 3.63) is 24.3 Å². The molecule has 4 N–H and O–H groups in total. The molecular formula is C16H22F3N3O2. The Bertz CT molecular complexity index is 592. The molecular weight excluding hydrogens is 323 g/mol. The third kappa shape index (κ3) is 5.02. The molecule has 0 radical (unpaired) electrons. The zero-order chi connectivity index (χ0) is 17.8. The number of aliphatic hydroxyl groups is 1. The number of para-hydroxylation sites is 2. The van der Waals surface area contributed by atoms with Crippen LogP contribution in [0.3, 0.4) is 0 Å². The van der Waals surface area contributed by atoms with Gasteiger partial charge in [0, 0.05) is 5.41 Å². The summed E-state index contributed by atoms with van der Waals surface area (Å²) in [7, 11) is 0. The third-order valence-corrected chi connectivity index (χ3v) is 4.27. The molecule has 1 saturated carbocycles. The second-order valence-electron chi connectivity index (χ2n) is 6.29. The molecule has 2 unspecified atom stereocenters. The predicted molar refractivity (Wildman–Crippen MR) is 85.8 cm³/mol. The molecule has 2 rings (SSSR count). The fourth-order valence-corrected chi connectivity index (χ4v) is 2.79. The minimum atomic E-state index is -4.79. The van der Waals surface area contributed by atoms with E-state index < -0.39 is 12.5 Å². The maximum Gasteiger partial charge on any atom is 0.573 e. The number of benzene rings is 1. The maximum atomic E-state index is 12.4. The number of aliphatic hydroxyl groups excluding tert-OH is 1. The fraction of sp³-hybridized carbons (Fsp3) is 0.562. The molecule has 5 nitrogen and oxygen atoms in total. The number of guanidine groups is 1. The number of hydrogen-bond donors (Lipinski definition) is 3. The summed E-state index contributed by atoms with van der Waals surface area (Å²) in [6, 6.07) is 5.60. The molecule has 2 atom stereocenters. The van der Waals surface area contributed by atoms with Gasteiger partial charge in [-0.2, -0.15) is 0 Å². The Morgan fingerprint density at radius 3 is 2.79 bits per heavy atom. The zero-order valence-electron chi connectivity index (χ0n) is 13.4. The number of nitrogens with one attached hydrogen (secondary N) is 1. The average molecular weight is 345 g/mol. The summed E-state index contributed by atoms with van der Waals surface area (Å²) in [5, 5.41) is 12.8. The Morgan fingerprint density at radius 1 is 1.42 bits per heavy atom. The van der Waals surface area contributed by atoms with E-state index in [1.54, 1.807) is 6.07 Å². The van der Waals surface area contributed by atoms with E-state index in [-0.39, 0.29) is 22.8 Å². The molecule has 0 aliphatic heterocycles. The number of nitrogens with zero attached hydrogens (tertiary/aromatic N) is 1. The van der Waals surface area contributed by atoms with Crippen molar-refractivity contribution in [3.8, 4) is 5.75 Å². The number of aliphatic imine (C=N–C) groups is 1. The van der Waals surface area contributed by atoms with E-state index in [1.165, 1.54) is 18.2 Å². The van der Waals surface area contributed by atoms with Crippen LogP contribution in [0.15, 0.2) is 29.3 Å². The van der Waals surface area contributed by atoms with Crippen LogP contribution in [0.1, 0.15) is 32.6 Å². The van der Waals surface area contributed by atoms with Crippen molar-refractivity contribution in [2.75, 3.05) is 11.9 Å². The first-order valence-electron chi connectivity index (χ1n) is 7.79. The van der Waals surface area contributed by atoms with Gasteiger partial charge in [-0.25, -0.2) is 0 Å². The van der Waals surface area contributed by atoms with Crippen molar-refractivity contribution in [1.82, 2.24) is 0 Å². The lowest BCUT2D eigenvalue weighted by Crippen LogP contribution is -2.39. The van der Waals surface area contributed by atoms with Crippen molar-refractivity contribution >= 4 is 11.6 Å². The summed E-state index contributed by atoms with van der Waals surface area (Å²) < 4.78 is 41.2. The SMILES string of the molecule is CC1(CN=C(N)Nc2ccccc2OC(F)(F)F)CCCCC1O. The monoisotopic (exact) mass is 345 g/mol. The lowest BCUT2D eigenvalue weighted by Gasteiger charge is -2.37. The smallest absolute Gasteiger partial charge is 0.404 e. The molecule has 24 heavy (non-hydrogen) atoms. The minimum Gasteiger partial charge on any atom is -0.404 e. The van der Waals surface area contributed by atoms with E-state index in [0.29, 0.717) is 6.54 Å². The molecule has 1 fully saturated rings. The van der Waals surface area contributed by atoms with Crippen molar-refractivity contribution < 1.29 is 23.0 Å². The van der Waals surface area contributed by atoms with Gasteiger partial charge in [0.1, 0.15) is 0 Å². The predicted octanol–water partition coefficient (Wildman–Crippen LogP) is 3.25. The highest BCUT2D eigenvalue weighted by atomic mass is 19.4. The van der Waals surface area contributed by atoms with Crippen LogP contribution in [0.25, 0.3) is 0 Å². The first kappa shape index (κ1) is 18.4. The summed E-state index contributed by atoms with van der Waals surface area (Å²) in [4.78, 5) is 4.19. The molecule has 0 aromatic heterocycles. The van der Waals surface area contributed by atoms with E-state index >= 15 is 0 Å². The number of anilines is 1. The molecule has 1 aliphatic carbocycles. The van der Waals surface area contributed by atoms with Crippen LogP contribution >= 0.6 is 0 Å². The van der Waals surface area contributed by atoms with Crippen molar-refractivity contribution in [3.63, 3.8) is 0 Å². The van der Waals surface area contributed by atoms with Crippen LogP contribution in [0.2, 0.25) is 0 Å². The van der Waals surface area contributed by atoms with Crippen LogP contribution in [0.4, 0.5) is 18.9 Å². The van der Waals surface area contributed by atoms with Crippen LogP contribution in [-0.2, 0) is 0 Å². The average Bonchev–Trinajstić information content (AvgIpc) is 2.49. The van der Waals surface area contributed by atoms with Crippen LogP contribution in [0, 0.1) is 5.41 Å². The van der Waals surface area contributed by atoms with Gasteiger partial charge in [0.25, 0.3) is 0 Å². The number of ether oxygens (including phenoxy) is 1. The molecule has 1 aromatic carbocycles. The van der Waals surface area contributed by atoms with Crippen molar-refractivity contribution in [2.45, 2.75) is 45.1 Å². The van der Waals surface area contributed by atoms with Crippen LogP contribution in [0.5, 0.6) is 5.75 Å². The Morgan fingerprint density at radius 2 is 2.12 bits per heavy atom. The van der Waals surface area contributed by atoms with Crippen LogP contribution < -0.4 is 15.8 Å². The molecule has 0 heterocycles. The number of rotatable bonds is 4. The highest BCUT2D eigenvalue weighted by Crippen LogP contribution is 2.36. The minimum absolute atomic E-state index is 0.0211. The largest absolute Gasteiger partial charge is 0.573 e. The molecule has 0 saturated heterocycles. The van der Waals surface area contributed by atoms with Gasteiger partial charge in [0.15, 0.2) is 11.7 Å². The number of alkyl halides is 3. The zero-order valence-corrected chi connectivity index (χ0v) is 13.4. The van der Waals surface area contributed by atoms with Gasteiger partial charge in [-0.05, 0) is 25.0 Å². The van der Waals surface area contributed by atoms with Gasteiger partial charge >= 0.3 is 6.36 Å². The van der Waals surface area contributed by atoms with Gasteiger partial charge in [-0.3, -0.25) is 4.99 Å². The van der Waals surface area contributed by atoms with E-state index in [1.807, 2.05) is 6.92 Å². The summed E-state index contributed by atoms with van der Waals surface area (Å²) in [6.07, 6.45) is -1.69. The highest BCUT2D eigenvalue weighted by Gasteiger charge is 2.35. The maximum absolute atomic E-state index is 12.4. The lowest BCUT2D eigenvalue weighted by atomic mass is 9.73. The quantitative estimate of drug-likeness (QED) is 0.578. The Hall–Kier alpha value is -1.96. The molecule has 0 amide bonds. The van der Waals surface area contributed by atoms with Crippen molar-refractivity contribution in [1.29, 1.82) is 0 Å². The van der Waals surface area contributed by atoms with Gasteiger partial charge in [-0.15, -0.1) is 13.2 Å². The summed E-state index contributed by atoms with van der Waals surface area (Å²) >= 11 is 0. The fourth-order valence-electron chi connectivity index (χ4n) is 2.79. The first-order chi connectivity index (χ1) is 11.2. The number of hydrogen-bond acceptors (Lipinski definition) is 3. The molecule has 0 bridgehead atoms. The first-order valence-corrected chi connectivity index (χ1v) is 7.79. The Labute approximate surface area is 138 Å². The molecule has 0 spiro atoms. The standard InChI is InChI=1S/C16H22F3N3O2/c1-15(9-5-4-8-13(15)23)10-21-14(20)22-11-6-2-3-7-12(11)24-16(17,18)19/h2-3,6-7,13,23H,4-5,8-10H2,1H3,(H3,20,21,22). The number of halogens is 3. The van der Waals surface area contributed by atoms with E-state index in [2.05, 4.69) is 15.0 Å². The lowest BCUT2D eigenvalue weighted by molar-refractivity contribution is -0.274. The van der Waals surface area contributed by atoms with Gasteiger partial charge in [0.2, 0.25) is 0 Å². The van der Waals surface area contributed by atoms with E-state index in [4.69, 9.17) is 5.73 Å².